The van der Waals surface area contributed by atoms with E-state index in [1.807, 2.05) is 0 Å². The lowest BCUT2D eigenvalue weighted by atomic mass is 10.2. The Hall–Kier alpha value is -1.58. The summed E-state index contributed by atoms with van der Waals surface area (Å²) in [7, 11) is 0. The van der Waals surface area contributed by atoms with E-state index in [4.69, 9.17) is 4.74 Å². The number of hydrogen-bond acceptors (Lipinski definition) is 4. The largest absolute Gasteiger partial charge is 0.507 e. The topological polar surface area (TPSA) is 59.4 Å². The second-order valence-electron chi connectivity index (χ2n) is 2.56. The quantitative estimate of drug-likeness (QED) is 0.698. The number of ether oxygens (including phenoxy) is 1. The molecule has 0 aliphatic rings. The third-order valence-electron chi connectivity index (χ3n) is 1.51. The molecule has 70 valence electrons. The van der Waals surface area contributed by atoms with Crippen LogP contribution in [0, 0.1) is 6.92 Å². The molecule has 0 aliphatic heterocycles. The number of pyridine rings is 1. The molecule has 1 aromatic heterocycles. The highest BCUT2D eigenvalue weighted by atomic mass is 16.5. The average Bonchev–Trinajstić information content (AvgIpc) is 2.04. The van der Waals surface area contributed by atoms with Gasteiger partial charge in [-0.25, -0.2) is 4.79 Å². The van der Waals surface area contributed by atoms with Crippen molar-refractivity contribution in [2.45, 2.75) is 13.8 Å². The molecule has 0 saturated carbocycles. The smallest absolute Gasteiger partial charge is 0.343 e. The van der Waals surface area contributed by atoms with Crippen molar-refractivity contribution in [1.82, 2.24) is 4.98 Å². The fourth-order valence-corrected chi connectivity index (χ4v) is 0.912. The van der Waals surface area contributed by atoms with Gasteiger partial charge in [0, 0.05) is 18.0 Å². The predicted octanol–water partition coefficient (Wildman–Crippen LogP) is 1.27. The molecule has 1 N–H and O–H groups in total. The van der Waals surface area contributed by atoms with Gasteiger partial charge in [0.25, 0.3) is 0 Å². The van der Waals surface area contributed by atoms with E-state index in [0.29, 0.717) is 5.69 Å². The first-order valence-corrected chi connectivity index (χ1v) is 3.98. The van der Waals surface area contributed by atoms with Crippen LogP contribution in [0.1, 0.15) is 23.0 Å². The van der Waals surface area contributed by atoms with E-state index in [-0.39, 0.29) is 17.9 Å². The molecule has 0 amide bonds. The maximum atomic E-state index is 11.2. The molecule has 1 aromatic rings. The minimum atomic E-state index is -0.549. The van der Waals surface area contributed by atoms with Crippen LogP contribution in [0.3, 0.4) is 0 Å². The van der Waals surface area contributed by atoms with Gasteiger partial charge in [-0.05, 0) is 13.8 Å². The number of carbonyl (C=O) groups excluding carboxylic acids is 1. The normalized spacial score (nSPS) is 9.69. The minimum absolute atomic E-state index is 0.0917. The van der Waals surface area contributed by atoms with E-state index < -0.39 is 5.97 Å². The SMILES string of the molecule is CCOC(=O)c1cnc(C)cc1O. The molecule has 0 radical (unpaired) electrons. The standard InChI is InChI=1S/C9H11NO3/c1-3-13-9(12)7-5-10-6(2)4-8(7)11/h4-5H,3H2,1-2H3,(H,10,11). The number of aromatic nitrogens is 1. The van der Waals surface area contributed by atoms with Crippen LogP contribution in [-0.2, 0) is 4.74 Å². The molecular weight excluding hydrogens is 170 g/mol. The number of hydrogen-bond donors (Lipinski definition) is 1. The Kier molecular flexibility index (Phi) is 2.84. The molecular formula is C9H11NO3. The first-order chi connectivity index (χ1) is 6.15. The number of rotatable bonds is 2. The first-order valence-electron chi connectivity index (χ1n) is 3.98. The van der Waals surface area contributed by atoms with Gasteiger partial charge in [-0.15, -0.1) is 0 Å². The summed E-state index contributed by atoms with van der Waals surface area (Å²) in [6.45, 7) is 3.72. The minimum Gasteiger partial charge on any atom is -0.507 e. The average molecular weight is 181 g/mol. The molecule has 1 rings (SSSR count). The zero-order chi connectivity index (χ0) is 9.84. The molecule has 0 unspecified atom stereocenters. The highest BCUT2D eigenvalue weighted by Gasteiger charge is 2.12. The van der Waals surface area contributed by atoms with E-state index in [0.717, 1.165) is 0 Å². The number of esters is 1. The van der Waals surface area contributed by atoms with Gasteiger partial charge in [0.05, 0.1) is 6.61 Å². The monoisotopic (exact) mass is 181 g/mol. The maximum Gasteiger partial charge on any atom is 0.343 e. The lowest BCUT2D eigenvalue weighted by Crippen LogP contribution is -2.05. The van der Waals surface area contributed by atoms with Gasteiger partial charge in [0.1, 0.15) is 11.3 Å². The fourth-order valence-electron chi connectivity index (χ4n) is 0.912. The number of carbonyl (C=O) groups is 1. The summed E-state index contributed by atoms with van der Waals surface area (Å²) in [6.07, 6.45) is 1.31. The van der Waals surface area contributed by atoms with Gasteiger partial charge in [-0.2, -0.15) is 0 Å². The summed E-state index contributed by atoms with van der Waals surface area (Å²) in [4.78, 5) is 15.0. The van der Waals surface area contributed by atoms with Gasteiger partial charge in [-0.1, -0.05) is 0 Å². The highest BCUT2D eigenvalue weighted by Crippen LogP contribution is 2.17. The van der Waals surface area contributed by atoms with Crippen LogP contribution < -0.4 is 0 Å². The van der Waals surface area contributed by atoms with Gasteiger partial charge in [0.15, 0.2) is 0 Å². The van der Waals surface area contributed by atoms with Crippen LogP contribution in [0.2, 0.25) is 0 Å². The van der Waals surface area contributed by atoms with Crippen molar-refractivity contribution >= 4 is 5.97 Å². The van der Waals surface area contributed by atoms with Crippen molar-refractivity contribution < 1.29 is 14.6 Å². The van der Waals surface area contributed by atoms with Crippen LogP contribution in [0.5, 0.6) is 5.75 Å². The zero-order valence-corrected chi connectivity index (χ0v) is 7.57. The summed E-state index contributed by atoms with van der Waals surface area (Å²) < 4.78 is 4.71. The molecule has 0 saturated heterocycles. The summed E-state index contributed by atoms with van der Waals surface area (Å²) in [6, 6.07) is 1.42. The van der Waals surface area contributed by atoms with Gasteiger partial charge in [-0.3, -0.25) is 4.98 Å². The van der Waals surface area contributed by atoms with E-state index in [9.17, 15) is 9.90 Å². The number of aromatic hydroxyl groups is 1. The van der Waals surface area contributed by atoms with E-state index in [1.165, 1.54) is 12.3 Å². The molecule has 0 atom stereocenters. The van der Waals surface area contributed by atoms with E-state index >= 15 is 0 Å². The fraction of sp³-hybridized carbons (Fsp3) is 0.333. The molecule has 0 aliphatic carbocycles. The highest BCUT2D eigenvalue weighted by molar-refractivity contribution is 5.91. The Morgan fingerprint density at radius 3 is 2.92 bits per heavy atom. The van der Waals surface area contributed by atoms with Gasteiger partial charge in [0.2, 0.25) is 0 Å². The molecule has 0 bridgehead atoms. The van der Waals surface area contributed by atoms with Crippen molar-refractivity contribution in [2.75, 3.05) is 6.61 Å². The Morgan fingerprint density at radius 2 is 2.38 bits per heavy atom. The molecule has 1 heterocycles. The van der Waals surface area contributed by atoms with Crippen LogP contribution in [-0.4, -0.2) is 22.7 Å². The van der Waals surface area contributed by atoms with Gasteiger partial charge >= 0.3 is 5.97 Å². The second-order valence-corrected chi connectivity index (χ2v) is 2.56. The Balaban J connectivity index is 2.95. The number of aryl methyl sites for hydroxylation is 1. The summed E-state index contributed by atoms with van der Waals surface area (Å²) >= 11 is 0. The lowest BCUT2D eigenvalue weighted by Gasteiger charge is -2.03. The third kappa shape index (κ3) is 2.18. The molecule has 13 heavy (non-hydrogen) atoms. The predicted molar refractivity (Wildman–Crippen MR) is 46.6 cm³/mol. The van der Waals surface area contributed by atoms with Crippen molar-refractivity contribution in [3.05, 3.63) is 23.5 Å². The molecule has 4 nitrogen and oxygen atoms in total. The van der Waals surface area contributed by atoms with E-state index in [2.05, 4.69) is 4.98 Å². The molecule has 0 fully saturated rings. The second kappa shape index (κ2) is 3.89. The Morgan fingerprint density at radius 1 is 1.69 bits per heavy atom. The third-order valence-corrected chi connectivity index (χ3v) is 1.51. The summed E-state index contributed by atoms with van der Waals surface area (Å²) in [5.41, 5.74) is 0.762. The Bertz CT molecular complexity index is 323. The van der Waals surface area contributed by atoms with Crippen molar-refractivity contribution in [2.24, 2.45) is 0 Å². The molecule has 0 aromatic carbocycles. The molecule has 0 spiro atoms. The summed E-state index contributed by atoms with van der Waals surface area (Å²) in [5, 5.41) is 9.35. The Labute approximate surface area is 76.2 Å². The van der Waals surface area contributed by atoms with Crippen LogP contribution >= 0.6 is 0 Å². The lowest BCUT2D eigenvalue weighted by molar-refractivity contribution is 0.0522. The zero-order valence-electron chi connectivity index (χ0n) is 7.57. The summed E-state index contributed by atoms with van der Waals surface area (Å²) in [5.74, 6) is -0.640. The van der Waals surface area contributed by atoms with Gasteiger partial charge < -0.3 is 9.84 Å². The van der Waals surface area contributed by atoms with Crippen LogP contribution in [0.15, 0.2) is 12.3 Å². The van der Waals surface area contributed by atoms with Crippen LogP contribution in [0.25, 0.3) is 0 Å². The molecule has 4 heteroatoms. The van der Waals surface area contributed by atoms with Crippen molar-refractivity contribution in [3.63, 3.8) is 0 Å². The maximum absolute atomic E-state index is 11.2. The van der Waals surface area contributed by atoms with Crippen LogP contribution in [0.4, 0.5) is 0 Å². The first kappa shape index (κ1) is 9.51. The number of nitrogens with zero attached hydrogens (tertiary/aromatic N) is 1. The van der Waals surface area contributed by atoms with Crippen molar-refractivity contribution in [1.29, 1.82) is 0 Å². The van der Waals surface area contributed by atoms with Crippen molar-refractivity contribution in [3.8, 4) is 5.75 Å². The van der Waals surface area contributed by atoms with E-state index in [1.54, 1.807) is 13.8 Å².